The summed E-state index contributed by atoms with van der Waals surface area (Å²) >= 11 is 0. The second kappa shape index (κ2) is 7.49. The van der Waals surface area contributed by atoms with Crippen molar-refractivity contribution >= 4 is 11.9 Å². The number of halogens is 3. The number of benzene rings is 1. The molecule has 1 amide bonds. The van der Waals surface area contributed by atoms with E-state index in [4.69, 9.17) is 4.74 Å². The van der Waals surface area contributed by atoms with Crippen molar-refractivity contribution in [2.45, 2.75) is 31.7 Å². The van der Waals surface area contributed by atoms with Gasteiger partial charge in [-0.15, -0.1) is 0 Å². The number of esters is 1. The van der Waals surface area contributed by atoms with Gasteiger partial charge < -0.3 is 14.2 Å². The van der Waals surface area contributed by atoms with Crippen molar-refractivity contribution < 1.29 is 27.5 Å². The number of ether oxygens (including phenoxy) is 1. The maximum Gasteiger partial charge on any atom is 0.417 e. The number of carbonyl (C=O) groups excluding carboxylic acids is 2. The number of hydrogen-bond acceptors (Lipinski definition) is 4. The summed E-state index contributed by atoms with van der Waals surface area (Å²) in [6.45, 7) is -0.513. The highest BCUT2D eigenvalue weighted by molar-refractivity contribution is 5.85. The Morgan fingerprint density at radius 2 is 1.82 bits per heavy atom. The third-order valence-corrected chi connectivity index (χ3v) is 4.66. The van der Waals surface area contributed by atoms with E-state index in [-0.39, 0.29) is 13.0 Å². The van der Waals surface area contributed by atoms with Crippen LogP contribution in [0.15, 0.2) is 47.4 Å². The molecule has 1 aromatic carbocycles. The van der Waals surface area contributed by atoms with Gasteiger partial charge in [0.25, 0.3) is 5.56 Å². The molecule has 0 fully saturated rings. The predicted octanol–water partition coefficient (Wildman–Crippen LogP) is 1.99. The van der Waals surface area contributed by atoms with Crippen molar-refractivity contribution in [2.24, 2.45) is 0 Å². The van der Waals surface area contributed by atoms with Crippen molar-refractivity contribution in [1.29, 1.82) is 0 Å². The van der Waals surface area contributed by atoms with Crippen LogP contribution in [0.2, 0.25) is 0 Å². The number of nitrogens with zero attached hydrogens (tertiary/aromatic N) is 2. The Hall–Kier alpha value is -3.10. The molecule has 0 N–H and O–H groups in total. The molecule has 148 valence electrons. The second-order valence-electron chi connectivity index (χ2n) is 6.42. The molecular formula is C19H17F3N2O4. The Bertz CT molecular complexity index is 968. The SMILES string of the molecule is COC(=O)[C@@H]1Cc2ccccc2CN1C(=O)Cn1cc(C(F)(F)F)ccc1=O. The van der Waals surface area contributed by atoms with E-state index >= 15 is 0 Å². The minimum absolute atomic E-state index is 0.0997. The largest absolute Gasteiger partial charge is 0.467 e. The van der Waals surface area contributed by atoms with Gasteiger partial charge in [0, 0.05) is 25.2 Å². The van der Waals surface area contributed by atoms with E-state index in [1.165, 1.54) is 12.0 Å². The van der Waals surface area contributed by atoms with Crippen LogP contribution in [0.5, 0.6) is 0 Å². The number of alkyl halides is 3. The van der Waals surface area contributed by atoms with E-state index in [1.807, 2.05) is 12.1 Å². The normalized spacial score (nSPS) is 16.4. The van der Waals surface area contributed by atoms with Crippen LogP contribution in [0.1, 0.15) is 16.7 Å². The minimum Gasteiger partial charge on any atom is -0.467 e. The van der Waals surface area contributed by atoms with Gasteiger partial charge >= 0.3 is 12.1 Å². The van der Waals surface area contributed by atoms with Crippen molar-refractivity contribution in [3.8, 4) is 0 Å². The van der Waals surface area contributed by atoms with Crippen LogP contribution in [-0.2, 0) is 40.0 Å². The van der Waals surface area contributed by atoms with Crippen LogP contribution in [0, 0.1) is 0 Å². The number of carbonyl (C=O) groups is 2. The van der Waals surface area contributed by atoms with Gasteiger partial charge in [-0.05, 0) is 17.2 Å². The van der Waals surface area contributed by atoms with Gasteiger partial charge in [0.1, 0.15) is 12.6 Å². The molecule has 6 nitrogen and oxygen atoms in total. The third-order valence-electron chi connectivity index (χ3n) is 4.66. The molecule has 1 aliphatic rings. The number of fused-ring (bicyclic) bond motifs is 1. The summed E-state index contributed by atoms with van der Waals surface area (Å²) in [6.07, 6.45) is -3.81. The minimum atomic E-state index is -4.64. The highest BCUT2D eigenvalue weighted by Crippen LogP contribution is 2.28. The van der Waals surface area contributed by atoms with Crippen LogP contribution < -0.4 is 5.56 Å². The molecule has 0 aliphatic carbocycles. The van der Waals surface area contributed by atoms with E-state index in [0.717, 1.165) is 17.2 Å². The Morgan fingerprint density at radius 3 is 2.46 bits per heavy atom. The lowest BCUT2D eigenvalue weighted by atomic mass is 9.94. The zero-order valence-corrected chi connectivity index (χ0v) is 14.9. The van der Waals surface area contributed by atoms with Crippen molar-refractivity contribution in [3.63, 3.8) is 0 Å². The standard InChI is InChI=1S/C19H17F3N2O4/c1-28-18(27)15-8-12-4-2-3-5-13(12)9-24(15)17(26)11-23-10-14(19(20,21)22)6-7-16(23)25/h2-7,10,15H,8-9,11H2,1H3/t15-/m0/s1. The Kier molecular flexibility index (Phi) is 5.26. The van der Waals surface area contributed by atoms with Gasteiger partial charge in [0.05, 0.1) is 12.7 Å². The maximum atomic E-state index is 12.9. The van der Waals surface area contributed by atoms with Crippen molar-refractivity contribution in [1.82, 2.24) is 9.47 Å². The number of amides is 1. The summed E-state index contributed by atoms with van der Waals surface area (Å²) in [7, 11) is 1.20. The van der Waals surface area contributed by atoms with Crippen LogP contribution in [0.4, 0.5) is 13.2 Å². The second-order valence-corrected chi connectivity index (χ2v) is 6.42. The molecule has 0 bridgehead atoms. The quantitative estimate of drug-likeness (QED) is 0.747. The van der Waals surface area contributed by atoms with Crippen molar-refractivity contribution in [2.75, 3.05) is 7.11 Å². The highest BCUT2D eigenvalue weighted by Gasteiger charge is 2.36. The van der Waals surface area contributed by atoms with Gasteiger partial charge in [0.2, 0.25) is 5.91 Å². The summed E-state index contributed by atoms with van der Waals surface area (Å²) in [5.41, 5.74) is -0.0626. The molecule has 1 atom stereocenters. The van der Waals surface area contributed by atoms with Gasteiger partial charge in [0.15, 0.2) is 0 Å². The molecule has 0 unspecified atom stereocenters. The lowest BCUT2D eigenvalue weighted by molar-refractivity contribution is -0.154. The summed E-state index contributed by atoms with van der Waals surface area (Å²) in [5.74, 6) is -1.27. The fourth-order valence-corrected chi connectivity index (χ4v) is 3.19. The molecule has 9 heteroatoms. The van der Waals surface area contributed by atoms with E-state index in [9.17, 15) is 27.6 Å². The molecular weight excluding hydrogens is 377 g/mol. The van der Waals surface area contributed by atoms with Crippen molar-refractivity contribution in [3.05, 3.63) is 69.6 Å². The number of aromatic nitrogens is 1. The number of hydrogen-bond donors (Lipinski definition) is 0. The van der Waals surface area contributed by atoms with Gasteiger partial charge in [-0.2, -0.15) is 13.2 Å². The lowest BCUT2D eigenvalue weighted by Gasteiger charge is -2.35. The Balaban J connectivity index is 1.90. The average molecular weight is 394 g/mol. The van der Waals surface area contributed by atoms with Gasteiger partial charge in [-0.25, -0.2) is 4.79 Å². The first-order chi connectivity index (χ1) is 13.2. The first-order valence-corrected chi connectivity index (χ1v) is 8.42. The Labute approximate surface area is 158 Å². The summed E-state index contributed by atoms with van der Waals surface area (Å²) < 4.78 is 44.2. The molecule has 0 radical (unpaired) electrons. The fraction of sp³-hybridized carbons (Fsp3) is 0.316. The first kappa shape index (κ1) is 19.7. The molecule has 1 aliphatic heterocycles. The number of pyridine rings is 1. The molecule has 2 heterocycles. The van der Waals surface area contributed by atoms with E-state index in [2.05, 4.69) is 0 Å². The summed E-state index contributed by atoms with van der Waals surface area (Å²) in [4.78, 5) is 38.1. The zero-order valence-electron chi connectivity index (χ0n) is 14.9. The predicted molar refractivity (Wildman–Crippen MR) is 92.2 cm³/mol. The monoisotopic (exact) mass is 394 g/mol. The molecule has 28 heavy (non-hydrogen) atoms. The summed E-state index contributed by atoms with van der Waals surface area (Å²) in [5, 5.41) is 0. The van der Waals surface area contributed by atoms with E-state index < -0.39 is 41.8 Å². The average Bonchev–Trinajstić information content (AvgIpc) is 2.67. The van der Waals surface area contributed by atoms with Gasteiger partial charge in [-0.1, -0.05) is 24.3 Å². The van der Waals surface area contributed by atoms with Gasteiger partial charge in [-0.3, -0.25) is 9.59 Å². The van der Waals surface area contributed by atoms with Crippen LogP contribution in [-0.4, -0.2) is 34.5 Å². The number of methoxy groups -OCH3 is 1. The summed E-state index contributed by atoms with van der Waals surface area (Å²) in [6, 6.07) is 7.76. The van der Waals surface area contributed by atoms with Crippen LogP contribution in [0.25, 0.3) is 0 Å². The van der Waals surface area contributed by atoms with Crippen LogP contribution >= 0.6 is 0 Å². The molecule has 3 rings (SSSR count). The van der Waals surface area contributed by atoms with E-state index in [1.54, 1.807) is 12.1 Å². The maximum absolute atomic E-state index is 12.9. The topological polar surface area (TPSA) is 68.6 Å². The molecule has 2 aromatic rings. The molecule has 0 saturated heterocycles. The Morgan fingerprint density at radius 1 is 1.14 bits per heavy atom. The first-order valence-electron chi connectivity index (χ1n) is 8.42. The lowest BCUT2D eigenvalue weighted by Crippen LogP contribution is -2.50. The number of rotatable bonds is 3. The smallest absolute Gasteiger partial charge is 0.417 e. The molecule has 0 spiro atoms. The highest BCUT2D eigenvalue weighted by atomic mass is 19.4. The fourth-order valence-electron chi connectivity index (χ4n) is 3.19. The van der Waals surface area contributed by atoms with E-state index in [0.29, 0.717) is 16.8 Å². The zero-order chi connectivity index (χ0) is 20.5. The third kappa shape index (κ3) is 3.92. The van der Waals surface area contributed by atoms with Crippen LogP contribution in [0.3, 0.4) is 0 Å². The molecule has 1 aromatic heterocycles. The molecule has 0 saturated carbocycles.